The Bertz CT molecular complexity index is 538. The van der Waals surface area contributed by atoms with Crippen molar-refractivity contribution in [3.05, 3.63) is 33.8 Å². The van der Waals surface area contributed by atoms with E-state index in [1.54, 1.807) is 18.2 Å². The number of hydrogen-bond donors (Lipinski definition) is 1. The molecule has 4 nitrogen and oxygen atoms in total. The molecule has 0 aliphatic heterocycles. The van der Waals surface area contributed by atoms with Gasteiger partial charge in [-0.25, -0.2) is 0 Å². The zero-order valence-electron chi connectivity index (χ0n) is 10.7. The number of benzene rings is 1. The standard InChI is InChI=1S/C14H14Cl2N2O2/c15-11-3-1-2-10(14(11)16)12(6-17)18-13(19)8-20-7-9-4-5-9/h1-3,9,12H,4-5,7-8H2,(H,18,19)/t12-/m0/s1. The molecule has 1 aliphatic carbocycles. The summed E-state index contributed by atoms with van der Waals surface area (Å²) in [6.07, 6.45) is 2.33. The molecular weight excluding hydrogens is 299 g/mol. The fourth-order valence-corrected chi connectivity index (χ4v) is 2.15. The topological polar surface area (TPSA) is 62.1 Å². The number of ether oxygens (including phenoxy) is 1. The molecule has 1 aromatic carbocycles. The lowest BCUT2D eigenvalue weighted by molar-refractivity contribution is -0.126. The molecule has 1 amide bonds. The van der Waals surface area contributed by atoms with Crippen LogP contribution in [0.25, 0.3) is 0 Å². The van der Waals surface area contributed by atoms with Gasteiger partial charge in [0.1, 0.15) is 12.6 Å². The van der Waals surface area contributed by atoms with Gasteiger partial charge < -0.3 is 10.1 Å². The number of hydrogen-bond acceptors (Lipinski definition) is 3. The quantitative estimate of drug-likeness (QED) is 0.878. The van der Waals surface area contributed by atoms with Crippen LogP contribution in [0.1, 0.15) is 24.4 Å². The molecule has 1 aliphatic rings. The van der Waals surface area contributed by atoms with Gasteiger partial charge in [0.15, 0.2) is 0 Å². The average Bonchev–Trinajstić information content (AvgIpc) is 3.24. The summed E-state index contributed by atoms with van der Waals surface area (Å²) in [5, 5.41) is 12.4. The third kappa shape index (κ3) is 4.11. The maximum absolute atomic E-state index is 11.7. The third-order valence-corrected chi connectivity index (χ3v) is 3.84. The summed E-state index contributed by atoms with van der Waals surface area (Å²) in [5.41, 5.74) is 0.484. The SMILES string of the molecule is N#C[C@H](NC(=O)COCC1CC1)c1cccc(Cl)c1Cl. The first-order valence-corrected chi connectivity index (χ1v) is 7.08. The van der Waals surface area contributed by atoms with Crippen LogP contribution in [0.5, 0.6) is 0 Å². The fraction of sp³-hybridized carbons (Fsp3) is 0.429. The Morgan fingerprint density at radius 2 is 2.25 bits per heavy atom. The number of carbonyl (C=O) groups excluding carboxylic acids is 1. The maximum Gasteiger partial charge on any atom is 0.247 e. The molecule has 0 bridgehead atoms. The molecule has 0 saturated heterocycles. The Labute approximate surface area is 127 Å². The molecule has 0 heterocycles. The van der Waals surface area contributed by atoms with Gasteiger partial charge >= 0.3 is 0 Å². The second-order valence-corrected chi connectivity index (χ2v) is 5.52. The van der Waals surface area contributed by atoms with Gasteiger partial charge in [-0.15, -0.1) is 0 Å². The lowest BCUT2D eigenvalue weighted by Crippen LogP contribution is -2.31. The normalized spacial score (nSPS) is 15.4. The summed E-state index contributed by atoms with van der Waals surface area (Å²) in [4.78, 5) is 11.7. The van der Waals surface area contributed by atoms with Crippen molar-refractivity contribution in [3.8, 4) is 6.07 Å². The minimum atomic E-state index is -0.835. The lowest BCUT2D eigenvalue weighted by atomic mass is 10.1. The molecule has 1 N–H and O–H groups in total. The van der Waals surface area contributed by atoms with Crippen molar-refractivity contribution in [1.29, 1.82) is 5.26 Å². The van der Waals surface area contributed by atoms with Gasteiger partial charge in [-0.1, -0.05) is 35.3 Å². The average molecular weight is 313 g/mol. The largest absolute Gasteiger partial charge is 0.371 e. The van der Waals surface area contributed by atoms with Gasteiger partial charge in [-0.2, -0.15) is 5.26 Å². The Kier molecular flexibility index (Phi) is 5.24. The van der Waals surface area contributed by atoms with E-state index in [1.165, 1.54) is 12.8 Å². The predicted octanol–water partition coefficient (Wildman–Crippen LogP) is 3.10. The number of carbonyl (C=O) groups is 1. The van der Waals surface area contributed by atoms with E-state index in [9.17, 15) is 4.79 Å². The van der Waals surface area contributed by atoms with Gasteiger partial charge in [-0.05, 0) is 24.8 Å². The molecular formula is C14H14Cl2N2O2. The van der Waals surface area contributed by atoms with E-state index >= 15 is 0 Å². The first-order chi connectivity index (χ1) is 9.61. The van der Waals surface area contributed by atoms with Crippen molar-refractivity contribution < 1.29 is 9.53 Å². The third-order valence-electron chi connectivity index (χ3n) is 3.01. The smallest absolute Gasteiger partial charge is 0.247 e. The van der Waals surface area contributed by atoms with Gasteiger partial charge in [0.2, 0.25) is 5.91 Å². The minimum Gasteiger partial charge on any atom is -0.371 e. The lowest BCUT2D eigenvalue weighted by Gasteiger charge is -2.14. The number of amides is 1. The fourth-order valence-electron chi connectivity index (χ4n) is 1.73. The summed E-state index contributed by atoms with van der Waals surface area (Å²) < 4.78 is 5.27. The molecule has 2 rings (SSSR count). The zero-order valence-corrected chi connectivity index (χ0v) is 12.2. The van der Waals surface area contributed by atoms with Crippen LogP contribution in [0.15, 0.2) is 18.2 Å². The number of rotatable bonds is 6. The highest BCUT2D eigenvalue weighted by molar-refractivity contribution is 6.42. The predicted molar refractivity (Wildman–Crippen MR) is 76.5 cm³/mol. The van der Waals surface area contributed by atoms with E-state index < -0.39 is 6.04 Å². The van der Waals surface area contributed by atoms with Crippen molar-refractivity contribution in [1.82, 2.24) is 5.32 Å². The van der Waals surface area contributed by atoms with E-state index in [0.29, 0.717) is 23.1 Å². The summed E-state index contributed by atoms with van der Waals surface area (Å²) in [6.45, 7) is 0.551. The highest BCUT2D eigenvalue weighted by Crippen LogP contribution is 2.30. The number of nitrogens with zero attached hydrogens (tertiary/aromatic N) is 1. The van der Waals surface area contributed by atoms with Crippen LogP contribution >= 0.6 is 23.2 Å². The van der Waals surface area contributed by atoms with Crippen LogP contribution in [0.3, 0.4) is 0 Å². The van der Waals surface area contributed by atoms with Crippen molar-refractivity contribution in [2.24, 2.45) is 5.92 Å². The molecule has 1 fully saturated rings. The second-order valence-electron chi connectivity index (χ2n) is 4.73. The summed E-state index contributed by atoms with van der Waals surface area (Å²) >= 11 is 11.9. The van der Waals surface area contributed by atoms with Crippen molar-refractivity contribution in [2.45, 2.75) is 18.9 Å². The first-order valence-electron chi connectivity index (χ1n) is 6.32. The number of nitriles is 1. The van der Waals surface area contributed by atoms with Crippen LogP contribution in [0.4, 0.5) is 0 Å². The van der Waals surface area contributed by atoms with E-state index in [0.717, 1.165) is 0 Å². The molecule has 0 unspecified atom stereocenters. The van der Waals surface area contributed by atoms with Crippen LogP contribution in [0, 0.1) is 17.2 Å². The van der Waals surface area contributed by atoms with E-state index in [-0.39, 0.29) is 17.5 Å². The molecule has 1 aromatic rings. The van der Waals surface area contributed by atoms with Crippen molar-refractivity contribution in [2.75, 3.05) is 13.2 Å². The minimum absolute atomic E-state index is 0.0487. The molecule has 0 radical (unpaired) electrons. The molecule has 0 aromatic heterocycles. The van der Waals surface area contributed by atoms with Gasteiger partial charge in [0.05, 0.1) is 22.7 Å². The highest BCUT2D eigenvalue weighted by atomic mass is 35.5. The monoisotopic (exact) mass is 312 g/mol. The van der Waals surface area contributed by atoms with Crippen molar-refractivity contribution >= 4 is 29.1 Å². The van der Waals surface area contributed by atoms with Crippen LogP contribution in [-0.4, -0.2) is 19.1 Å². The van der Waals surface area contributed by atoms with Crippen molar-refractivity contribution in [3.63, 3.8) is 0 Å². The summed E-state index contributed by atoms with van der Waals surface area (Å²) in [7, 11) is 0. The highest BCUT2D eigenvalue weighted by Gasteiger charge is 2.22. The van der Waals surface area contributed by atoms with Crippen LogP contribution in [-0.2, 0) is 9.53 Å². The maximum atomic E-state index is 11.7. The van der Waals surface area contributed by atoms with E-state index in [1.807, 2.05) is 6.07 Å². The molecule has 106 valence electrons. The van der Waals surface area contributed by atoms with Gasteiger partial charge in [0, 0.05) is 5.56 Å². The van der Waals surface area contributed by atoms with Crippen LogP contribution < -0.4 is 5.32 Å². The summed E-state index contributed by atoms with van der Waals surface area (Å²) in [5.74, 6) is 0.255. The molecule has 6 heteroatoms. The first kappa shape index (κ1) is 15.1. The Morgan fingerprint density at radius 3 is 2.90 bits per heavy atom. The molecule has 0 spiro atoms. The zero-order chi connectivity index (χ0) is 14.5. The van der Waals surface area contributed by atoms with E-state index in [2.05, 4.69) is 5.32 Å². The summed E-state index contributed by atoms with van der Waals surface area (Å²) in [6, 6.07) is 6.13. The molecule has 1 atom stereocenters. The van der Waals surface area contributed by atoms with E-state index in [4.69, 9.17) is 33.2 Å². The van der Waals surface area contributed by atoms with Gasteiger partial charge in [-0.3, -0.25) is 4.79 Å². The number of nitrogens with one attached hydrogen (secondary N) is 1. The Hall–Kier alpha value is -1.28. The Balaban J connectivity index is 1.92. The molecule has 1 saturated carbocycles. The number of halogens is 2. The van der Waals surface area contributed by atoms with Gasteiger partial charge in [0.25, 0.3) is 0 Å². The second kappa shape index (κ2) is 6.94. The van der Waals surface area contributed by atoms with Crippen LogP contribution in [0.2, 0.25) is 10.0 Å². The molecule has 20 heavy (non-hydrogen) atoms. The Morgan fingerprint density at radius 1 is 1.50 bits per heavy atom.